The van der Waals surface area contributed by atoms with Crippen LogP contribution in [0.2, 0.25) is 0 Å². The summed E-state index contributed by atoms with van der Waals surface area (Å²) in [7, 11) is 2.67. The maximum absolute atomic E-state index is 13.1. The number of methoxy groups -OCH3 is 2. The highest BCUT2D eigenvalue weighted by Crippen LogP contribution is 2.35. The Morgan fingerprint density at radius 1 is 1.15 bits per heavy atom. The van der Waals surface area contributed by atoms with Gasteiger partial charge in [0.2, 0.25) is 0 Å². The summed E-state index contributed by atoms with van der Waals surface area (Å²) < 4.78 is 16.4. The lowest BCUT2D eigenvalue weighted by atomic mass is 10.0. The summed E-state index contributed by atoms with van der Waals surface area (Å²) in [6.07, 6.45) is 3.34. The van der Waals surface area contributed by atoms with Gasteiger partial charge in [0, 0.05) is 10.0 Å². The van der Waals surface area contributed by atoms with Crippen LogP contribution >= 0.6 is 15.9 Å². The molecule has 10 heteroatoms. The molecule has 0 aromatic heterocycles. The Labute approximate surface area is 204 Å². The zero-order valence-electron chi connectivity index (χ0n) is 18.4. The summed E-state index contributed by atoms with van der Waals surface area (Å²) in [5.41, 5.74) is 1.12. The van der Waals surface area contributed by atoms with Crippen molar-refractivity contribution in [3.05, 3.63) is 70.2 Å². The Kier molecular flexibility index (Phi) is 7.85. The molecule has 0 spiro atoms. The first-order valence-electron chi connectivity index (χ1n) is 9.97. The largest absolute Gasteiger partial charge is 0.493 e. The smallest absolute Gasteiger partial charge is 0.343 e. The molecule has 0 atom stereocenters. The van der Waals surface area contributed by atoms with E-state index >= 15 is 0 Å². The number of urea groups is 1. The van der Waals surface area contributed by atoms with Crippen LogP contribution in [0.3, 0.4) is 0 Å². The van der Waals surface area contributed by atoms with Gasteiger partial charge in [-0.25, -0.2) is 14.5 Å². The van der Waals surface area contributed by atoms with Gasteiger partial charge in [-0.3, -0.25) is 14.9 Å². The van der Waals surface area contributed by atoms with Crippen LogP contribution in [0.1, 0.15) is 11.1 Å². The van der Waals surface area contributed by atoms with Gasteiger partial charge in [-0.05, 0) is 54.5 Å². The number of amides is 4. The molecule has 2 aromatic rings. The number of ether oxygens (including phenoxy) is 3. The lowest BCUT2D eigenvalue weighted by molar-refractivity contribution is -0.143. The van der Waals surface area contributed by atoms with E-state index in [1.54, 1.807) is 42.5 Å². The second-order valence-corrected chi connectivity index (χ2v) is 7.92. The van der Waals surface area contributed by atoms with Crippen molar-refractivity contribution in [1.82, 2.24) is 5.32 Å². The van der Waals surface area contributed by atoms with E-state index in [0.29, 0.717) is 29.0 Å². The number of hydrogen-bond donors (Lipinski definition) is 1. The SMILES string of the molecule is C=CCc1cc(/C=C2\C(=O)NC(=O)N(c3ccc(Br)cc3)C2=O)cc(OC)c1OCC(=O)OC. The molecule has 4 amide bonds. The number of esters is 1. The second-order valence-electron chi connectivity index (χ2n) is 7.00. The highest BCUT2D eigenvalue weighted by Gasteiger charge is 2.36. The summed E-state index contributed by atoms with van der Waals surface area (Å²) in [5, 5.41) is 2.19. The normalized spacial score (nSPS) is 14.6. The molecule has 1 fully saturated rings. The van der Waals surface area contributed by atoms with E-state index in [9.17, 15) is 19.2 Å². The molecule has 1 aliphatic rings. The fourth-order valence-electron chi connectivity index (χ4n) is 3.23. The minimum absolute atomic E-state index is 0.239. The average molecular weight is 529 g/mol. The van der Waals surface area contributed by atoms with Gasteiger partial charge >= 0.3 is 12.0 Å². The first-order chi connectivity index (χ1) is 16.3. The predicted molar refractivity (Wildman–Crippen MR) is 128 cm³/mol. The lowest BCUT2D eigenvalue weighted by Gasteiger charge is -2.26. The van der Waals surface area contributed by atoms with Crippen molar-refractivity contribution in [3.8, 4) is 11.5 Å². The van der Waals surface area contributed by atoms with Gasteiger partial charge in [-0.15, -0.1) is 6.58 Å². The van der Waals surface area contributed by atoms with Crippen LogP contribution in [0.4, 0.5) is 10.5 Å². The Morgan fingerprint density at radius 2 is 1.85 bits per heavy atom. The van der Waals surface area contributed by atoms with Crippen molar-refractivity contribution in [1.29, 1.82) is 0 Å². The minimum atomic E-state index is -0.842. The maximum Gasteiger partial charge on any atom is 0.343 e. The van der Waals surface area contributed by atoms with Crippen molar-refractivity contribution in [2.75, 3.05) is 25.7 Å². The molecule has 0 aliphatic carbocycles. The van der Waals surface area contributed by atoms with Gasteiger partial charge in [-0.1, -0.05) is 22.0 Å². The van der Waals surface area contributed by atoms with Crippen LogP contribution in [-0.2, 0) is 25.5 Å². The molecule has 3 rings (SSSR count). The van der Waals surface area contributed by atoms with E-state index in [1.807, 2.05) is 0 Å². The van der Waals surface area contributed by atoms with Crippen LogP contribution in [0, 0.1) is 0 Å². The van der Waals surface area contributed by atoms with Crippen molar-refractivity contribution in [2.24, 2.45) is 0 Å². The van der Waals surface area contributed by atoms with Gasteiger partial charge < -0.3 is 14.2 Å². The number of benzene rings is 2. The lowest BCUT2D eigenvalue weighted by Crippen LogP contribution is -2.54. The average Bonchev–Trinajstić information content (AvgIpc) is 2.81. The predicted octanol–water partition coefficient (Wildman–Crippen LogP) is 3.40. The number of halogens is 1. The number of carbonyl (C=O) groups excluding carboxylic acids is 4. The van der Waals surface area contributed by atoms with Crippen molar-refractivity contribution < 1.29 is 33.4 Å². The fourth-order valence-corrected chi connectivity index (χ4v) is 3.49. The molecule has 1 N–H and O–H groups in total. The van der Waals surface area contributed by atoms with E-state index in [1.165, 1.54) is 20.3 Å². The topological polar surface area (TPSA) is 111 Å². The summed E-state index contributed by atoms with van der Waals surface area (Å²) >= 11 is 3.30. The molecule has 9 nitrogen and oxygen atoms in total. The standard InChI is InChI=1S/C24H21BrN2O7/c1-4-5-15-10-14(12-19(32-2)21(15)34-13-20(28)33-3)11-18-22(29)26-24(31)27(23(18)30)17-8-6-16(25)7-9-17/h4,6-12H,1,5,13H2,2-3H3,(H,26,29,31)/b18-11+. The van der Waals surface area contributed by atoms with Gasteiger partial charge in [-0.2, -0.15) is 0 Å². The number of allylic oxidation sites excluding steroid dienone is 1. The molecular weight excluding hydrogens is 508 g/mol. The Balaban J connectivity index is 2.03. The number of hydrogen-bond acceptors (Lipinski definition) is 7. The minimum Gasteiger partial charge on any atom is -0.493 e. The van der Waals surface area contributed by atoms with Gasteiger partial charge in [0.25, 0.3) is 11.8 Å². The van der Waals surface area contributed by atoms with Gasteiger partial charge in [0.15, 0.2) is 18.1 Å². The number of nitrogens with one attached hydrogen (secondary N) is 1. The van der Waals surface area contributed by atoms with Crippen molar-refractivity contribution >= 4 is 51.5 Å². The number of anilines is 1. The third-order valence-corrected chi connectivity index (χ3v) is 5.33. The molecule has 0 saturated carbocycles. The van der Waals surface area contributed by atoms with Gasteiger partial charge in [0.1, 0.15) is 5.57 Å². The Morgan fingerprint density at radius 3 is 2.47 bits per heavy atom. The second kappa shape index (κ2) is 10.8. The zero-order valence-corrected chi connectivity index (χ0v) is 20.0. The van der Waals surface area contributed by atoms with E-state index in [4.69, 9.17) is 9.47 Å². The van der Waals surface area contributed by atoms with Crippen LogP contribution in [-0.4, -0.2) is 44.6 Å². The summed E-state index contributed by atoms with van der Waals surface area (Å²) in [4.78, 5) is 50.4. The highest BCUT2D eigenvalue weighted by molar-refractivity contribution is 9.10. The monoisotopic (exact) mass is 528 g/mol. The first-order valence-corrected chi connectivity index (χ1v) is 10.8. The van der Waals surface area contributed by atoms with Crippen LogP contribution in [0.15, 0.2) is 59.1 Å². The van der Waals surface area contributed by atoms with Crippen molar-refractivity contribution in [3.63, 3.8) is 0 Å². The number of imide groups is 2. The third-order valence-electron chi connectivity index (χ3n) is 4.80. The molecule has 0 radical (unpaired) electrons. The quantitative estimate of drug-likeness (QED) is 0.242. The first kappa shape index (κ1) is 24.7. The van der Waals surface area contributed by atoms with E-state index in [-0.39, 0.29) is 17.9 Å². The molecule has 1 heterocycles. The van der Waals surface area contributed by atoms with E-state index in [0.717, 1.165) is 9.37 Å². The Bertz CT molecular complexity index is 1190. The summed E-state index contributed by atoms with van der Waals surface area (Å²) in [6.45, 7) is 3.39. The summed E-state index contributed by atoms with van der Waals surface area (Å²) in [6, 6.07) is 8.88. The fraction of sp³-hybridized carbons (Fsp3) is 0.167. The van der Waals surface area contributed by atoms with Crippen LogP contribution < -0.4 is 19.7 Å². The van der Waals surface area contributed by atoms with Crippen LogP contribution in [0.5, 0.6) is 11.5 Å². The van der Waals surface area contributed by atoms with E-state index < -0.39 is 23.8 Å². The molecule has 176 valence electrons. The number of barbiturate groups is 1. The molecule has 34 heavy (non-hydrogen) atoms. The Hall–Kier alpha value is -3.92. The highest BCUT2D eigenvalue weighted by atomic mass is 79.9. The third kappa shape index (κ3) is 5.34. The molecule has 0 bridgehead atoms. The molecular formula is C24H21BrN2O7. The van der Waals surface area contributed by atoms with Gasteiger partial charge in [0.05, 0.1) is 19.9 Å². The zero-order chi connectivity index (χ0) is 24.8. The number of rotatable bonds is 8. The summed E-state index contributed by atoms with van der Waals surface area (Å²) in [5.74, 6) is -1.58. The maximum atomic E-state index is 13.1. The number of carbonyl (C=O) groups is 4. The van der Waals surface area contributed by atoms with Crippen molar-refractivity contribution in [2.45, 2.75) is 6.42 Å². The number of nitrogens with zero attached hydrogens (tertiary/aromatic N) is 1. The molecule has 0 unspecified atom stereocenters. The molecule has 1 aliphatic heterocycles. The van der Waals surface area contributed by atoms with E-state index in [2.05, 4.69) is 32.6 Å². The molecule has 2 aromatic carbocycles. The van der Waals surface area contributed by atoms with Crippen LogP contribution in [0.25, 0.3) is 6.08 Å². The molecule has 1 saturated heterocycles.